The number of nitrogens with zero attached hydrogens (tertiary/aromatic N) is 3. The van der Waals surface area contributed by atoms with E-state index in [4.69, 9.17) is 0 Å². The van der Waals surface area contributed by atoms with Crippen molar-refractivity contribution in [2.45, 2.75) is 0 Å². The summed E-state index contributed by atoms with van der Waals surface area (Å²) >= 11 is 0. The molecule has 10 aromatic carbocycles. The van der Waals surface area contributed by atoms with E-state index in [-0.39, 0.29) is 0 Å². The Balaban J connectivity index is 1.08. The van der Waals surface area contributed by atoms with Crippen LogP contribution in [0.15, 0.2) is 188 Å². The van der Waals surface area contributed by atoms with Crippen molar-refractivity contribution < 1.29 is 0 Å². The highest BCUT2D eigenvalue weighted by molar-refractivity contribution is 6.36. The molecule has 3 heteroatoms. The molecule has 0 N–H and O–H groups in total. The smallest absolute Gasteiger partial charge is 0.0627 e. The lowest BCUT2D eigenvalue weighted by molar-refractivity contribution is 1.18. The number of fused-ring (bicyclic) bond motifs is 19. The number of aromatic nitrogens is 3. The summed E-state index contributed by atoms with van der Waals surface area (Å²) in [5.41, 5.74) is 13.7. The van der Waals surface area contributed by atoms with E-state index in [1.54, 1.807) is 0 Å². The molecule has 15 rings (SSSR count). The lowest BCUT2D eigenvalue weighted by atomic mass is 9.97. The maximum absolute atomic E-state index is 2.58. The van der Waals surface area contributed by atoms with Gasteiger partial charge in [-0.25, -0.2) is 0 Å². The fraction of sp³-hybridized carbons (Fsp3) is 0. The number of benzene rings is 10. The topological polar surface area (TPSA) is 13.8 Å². The van der Waals surface area contributed by atoms with Gasteiger partial charge in [0.05, 0.1) is 44.1 Å². The van der Waals surface area contributed by atoms with E-state index in [0.29, 0.717) is 0 Å². The summed E-state index contributed by atoms with van der Waals surface area (Å²) in [5.74, 6) is 0. The van der Waals surface area contributed by atoms with Crippen LogP contribution in [0.2, 0.25) is 0 Å². The van der Waals surface area contributed by atoms with Crippen LogP contribution in [0.5, 0.6) is 0 Å². The molecule has 0 bridgehead atoms. The molecule has 0 spiro atoms. The molecule has 0 atom stereocenters. The summed E-state index contributed by atoms with van der Waals surface area (Å²) in [6.45, 7) is 0. The third-order valence-electron chi connectivity index (χ3n) is 13.6. The second kappa shape index (κ2) is 10.5. The highest BCUT2D eigenvalue weighted by Gasteiger charge is 2.25. The number of rotatable bonds is 2. The van der Waals surface area contributed by atoms with E-state index in [9.17, 15) is 0 Å². The minimum atomic E-state index is 1.17. The SMILES string of the molecule is c1ccc(-n2c3ccccc3c3cc(-c4cccc5c6cccc7c8cc9c(cc8n(c45)c76)c4cc5ccccc5c5c6c7ccccc7ccc6n9c45)ccc32)cc1. The molecule has 0 aliphatic rings. The van der Waals surface area contributed by atoms with Crippen LogP contribution in [0.4, 0.5) is 0 Å². The summed E-state index contributed by atoms with van der Waals surface area (Å²) < 4.78 is 7.54. The van der Waals surface area contributed by atoms with Gasteiger partial charge in [-0.05, 0) is 81.7 Å². The first-order valence-corrected chi connectivity index (χ1v) is 20.5. The highest BCUT2D eigenvalue weighted by Crippen LogP contribution is 2.49. The van der Waals surface area contributed by atoms with Crippen LogP contribution in [-0.4, -0.2) is 13.4 Å². The molecule has 0 saturated heterocycles. The van der Waals surface area contributed by atoms with E-state index < -0.39 is 0 Å². The monoisotopic (exact) mass is 745 g/mol. The average Bonchev–Trinajstić information content (AvgIpc) is 4.08. The van der Waals surface area contributed by atoms with Crippen LogP contribution < -0.4 is 0 Å². The molecule has 5 aromatic heterocycles. The Kier molecular flexibility index (Phi) is 5.41. The molecule has 0 radical (unpaired) electrons. The number of hydrogen-bond acceptors (Lipinski definition) is 0. The van der Waals surface area contributed by atoms with Crippen molar-refractivity contribution in [3.63, 3.8) is 0 Å². The van der Waals surface area contributed by atoms with Gasteiger partial charge in [0.2, 0.25) is 0 Å². The molecule has 0 unspecified atom stereocenters. The fourth-order valence-electron chi connectivity index (χ4n) is 11.3. The van der Waals surface area contributed by atoms with Crippen molar-refractivity contribution in [2.75, 3.05) is 0 Å². The molecule has 0 fully saturated rings. The minimum Gasteiger partial charge on any atom is -0.309 e. The first-order valence-electron chi connectivity index (χ1n) is 20.5. The third-order valence-corrected chi connectivity index (χ3v) is 13.6. The highest BCUT2D eigenvalue weighted by atomic mass is 15.0. The Labute approximate surface area is 336 Å². The van der Waals surface area contributed by atoms with Crippen LogP contribution in [-0.2, 0) is 0 Å². The molecule has 0 aliphatic carbocycles. The zero-order valence-corrected chi connectivity index (χ0v) is 31.7. The predicted octanol–water partition coefficient (Wildman–Crippen LogP) is 15.1. The maximum Gasteiger partial charge on any atom is 0.0627 e. The van der Waals surface area contributed by atoms with E-state index in [2.05, 4.69) is 201 Å². The lowest BCUT2D eigenvalue weighted by Crippen LogP contribution is -1.93. The quantitative estimate of drug-likeness (QED) is 0.167. The Bertz CT molecular complexity index is 4290. The molecule has 270 valence electrons. The van der Waals surface area contributed by atoms with Crippen molar-refractivity contribution >= 4 is 120 Å². The first kappa shape index (κ1) is 30.3. The second-order valence-electron chi connectivity index (χ2n) is 16.4. The normalized spacial score (nSPS) is 12.7. The van der Waals surface area contributed by atoms with Gasteiger partial charge in [-0.3, -0.25) is 0 Å². The summed E-state index contributed by atoms with van der Waals surface area (Å²) in [6.07, 6.45) is 0. The summed E-state index contributed by atoms with van der Waals surface area (Å²) in [6, 6.07) is 70.3. The van der Waals surface area contributed by atoms with Crippen molar-refractivity contribution in [1.29, 1.82) is 0 Å². The van der Waals surface area contributed by atoms with Crippen LogP contribution in [0.1, 0.15) is 0 Å². The van der Waals surface area contributed by atoms with Crippen molar-refractivity contribution in [3.05, 3.63) is 188 Å². The van der Waals surface area contributed by atoms with Gasteiger partial charge in [-0.1, -0.05) is 133 Å². The molecule has 59 heavy (non-hydrogen) atoms. The maximum atomic E-state index is 2.58. The molecule has 15 aromatic rings. The van der Waals surface area contributed by atoms with Gasteiger partial charge < -0.3 is 13.4 Å². The third kappa shape index (κ3) is 3.62. The van der Waals surface area contributed by atoms with E-state index >= 15 is 0 Å². The average molecular weight is 746 g/mol. The van der Waals surface area contributed by atoms with E-state index in [1.807, 2.05) is 0 Å². The molecule has 0 amide bonds. The van der Waals surface area contributed by atoms with Crippen LogP contribution in [0.3, 0.4) is 0 Å². The lowest BCUT2D eigenvalue weighted by Gasteiger charge is -2.09. The molecule has 3 nitrogen and oxygen atoms in total. The van der Waals surface area contributed by atoms with Gasteiger partial charge in [0, 0.05) is 65.1 Å². The van der Waals surface area contributed by atoms with Gasteiger partial charge in [0.25, 0.3) is 0 Å². The molecular formula is C56H31N3. The van der Waals surface area contributed by atoms with Crippen LogP contribution >= 0.6 is 0 Å². The second-order valence-corrected chi connectivity index (χ2v) is 16.4. The zero-order valence-electron chi connectivity index (χ0n) is 31.7. The summed E-state index contributed by atoms with van der Waals surface area (Å²) in [5, 5.41) is 18.1. The van der Waals surface area contributed by atoms with Crippen molar-refractivity contribution in [3.8, 4) is 16.8 Å². The Morgan fingerprint density at radius 1 is 0.271 bits per heavy atom. The largest absolute Gasteiger partial charge is 0.309 e. The first-order chi connectivity index (χ1) is 29.3. The Morgan fingerprint density at radius 2 is 0.864 bits per heavy atom. The zero-order chi connectivity index (χ0) is 38.1. The summed E-state index contributed by atoms with van der Waals surface area (Å²) in [7, 11) is 0. The van der Waals surface area contributed by atoms with Crippen molar-refractivity contribution in [1.82, 2.24) is 13.4 Å². The minimum absolute atomic E-state index is 1.17. The Hall–Kier alpha value is -7.88. The van der Waals surface area contributed by atoms with Gasteiger partial charge >= 0.3 is 0 Å². The van der Waals surface area contributed by atoms with Gasteiger partial charge in [0.15, 0.2) is 0 Å². The van der Waals surface area contributed by atoms with Gasteiger partial charge in [-0.15, -0.1) is 0 Å². The van der Waals surface area contributed by atoms with Gasteiger partial charge in [-0.2, -0.15) is 0 Å². The van der Waals surface area contributed by atoms with E-state index in [1.165, 1.54) is 136 Å². The molecular weight excluding hydrogens is 715 g/mol. The van der Waals surface area contributed by atoms with Crippen LogP contribution in [0.25, 0.3) is 136 Å². The standard InChI is InChI=1S/C56H31N3/c1-2-14-35(15-3-1)57-47-23-9-8-18-39(47)43-28-34(25-26-48(43)57)38-19-10-20-40-41-21-11-22-42-44-30-50-45(31-51(44)59(54(38)40)55(41)42)46-29-33-13-5-7-17-37(33)53-52-36-16-6-4-12-32(36)24-27-49(52)58(50)56(46)53/h1-31H. The van der Waals surface area contributed by atoms with Crippen molar-refractivity contribution in [2.24, 2.45) is 0 Å². The molecule has 5 heterocycles. The fourth-order valence-corrected chi connectivity index (χ4v) is 11.3. The number of hydrogen-bond donors (Lipinski definition) is 0. The summed E-state index contributed by atoms with van der Waals surface area (Å²) in [4.78, 5) is 0. The van der Waals surface area contributed by atoms with Gasteiger partial charge in [0.1, 0.15) is 0 Å². The van der Waals surface area contributed by atoms with Crippen LogP contribution in [0, 0.1) is 0 Å². The van der Waals surface area contributed by atoms with E-state index in [0.717, 1.165) is 0 Å². The predicted molar refractivity (Wildman–Crippen MR) is 251 cm³/mol. The molecule has 0 aliphatic heterocycles. The molecule has 0 saturated carbocycles. The Morgan fingerprint density at radius 3 is 1.71 bits per heavy atom. The number of para-hydroxylation sites is 4.